The molecule has 2 aromatic heterocycles. The lowest BCUT2D eigenvalue weighted by Gasteiger charge is -2.11. The summed E-state index contributed by atoms with van der Waals surface area (Å²) in [6, 6.07) is 3.99. The third-order valence-electron chi connectivity index (χ3n) is 3.24. The van der Waals surface area contributed by atoms with Gasteiger partial charge in [-0.1, -0.05) is 13.8 Å². The fraction of sp³-hybridized carbons (Fsp3) is 0.625. The molecule has 2 heterocycles. The monoisotopic (exact) mass is 309 g/mol. The number of alkyl halides is 1. The first kappa shape index (κ1) is 16.2. The molecule has 0 saturated carbocycles. The lowest BCUT2D eigenvalue weighted by Crippen LogP contribution is -2.09. The second-order valence-electron chi connectivity index (χ2n) is 5.86. The maximum absolute atomic E-state index is 6.26. The minimum Gasteiger partial charge on any atom is -0.381 e. The number of aryl methyl sites for hydroxylation is 2. The molecule has 0 aliphatic rings. The van der Waals surface area contributed by atoms with E-state index in [1.807, 2.05) is 26.0 Å². The molecule has 0 saturated heterocycles. The van der Waals surface area contributed by atoms with Crippen molar-refractivity contribution < 1.29 is 4.74 Å². The van der Waals surface area contributed by atoms with Crippen LogP contribution in [-0.4, -0.2) is 27.7 Å². The summed E-state index contributed by atoms with van der Waals surface area (Å²) in [5.74, 6) is 1.45. The van der Waals surface area contributed by atoms with E-state index in [1.165, 1.54) is 0 Å². The summed E-state index contributed by atoms with van der Waals surface area (Å²) in [5.41, 5.74) is 2.82. The first-order chi connectivity index (χ1) is 9.99. The van der Waals surface area contributed by atoms with E-state index in [4.69, 9.17) is 16.3 Å². The number of hydrogen-bond donors (Lipinski definition) is 0. The number of fused-ring (bicyclic) bond motifs is 1. The highest BCUT2D eigenvalue weighted by atomic mass is 35.5. The van der Waals surface area contributed by atoms with Crippen LogP contribution in [0.15, 0.2) is 12.1 Å². The van der Waals surface area contributed by atoms with Crippen molar-refractivity contribution in [3.05, 3.63) is 23.7 Å². The molecule has 21 heavy (non-hydrogen) atoms. The van der Waals surface area contributed by atoms with E-state index in [-0.39, 0.29) is 5.38 Å². The molecule has 1 unspecified atom stereocenters. The van der Waals surface area contributed by atoms with Crippen molar-refractivity contribution in [2.75, 3.05) is 13.2 Å². The Hall–Kier alpha value is -1.13. The lowest BCUT2D eigenvalue weighted by molar-refractivity contribution is 0.105. The number of pyridine rings is 1. The molecular formula is C16H24ClN3O. The normalized spacial score (nSPS) is 13.2. The third-order valence-corrected chi connectivity index (χ3v) is 3.43. The first-order valence-electron chi connectivity index (χ1n) is 7.54. The molecule has 5 heteroatoms. The number of halogens is 1. The number of ether oxygens (including phenoxy) is 1. The zero-order valence-corrected chi connectivity index (χ0v) is 14.0. The molecular weight excluding hydrogens is 286 g/mol. The van der Waals surface area contributed by atoms with Gasteiger partial charge in [-0.15, -0.1) is 11.6 Å². The average Bonchev–Trinajstić information content (AvgIpc) is 2.76. The number of hydrogen-bond acceptors (Lipinski definition) is 3. The van der Waals surface area contributed by atoms with Gasteiger partial charge in [0, 0.05) is 25.5 Å². The second-order valence-corrected chi connectivity index (χ2v) is 6.51. The van der Waals surface area contributed by atoms with Gasteiger partial charge in [0.2, 0.25) is 0 Å². The molecule has 1 atom stereocenters. The number of nitrogens with zero attached hydrogens (tertiary/aromatic N) is 3. The van der Waals surface area contributed by atoms with Crippen LogP contribution >= 0.6 is 11.6 Å². The Balaban J connectivity index is 2.12. The fourth-order valence-corrected chi connectivity index (χ4v) is 2.45. The van der Waals surface area contributed by atoms with Crippen LogP contribution in [-0.2, 0) is 11.3 Å². The third kappa shape index (κ3) is 4.17. The number of rotatable bonds is 7. The van der Waals surface area contributed by atoms with Gasteiger partial charge in [-0.05, 0) is 38.3 Å². The smallest absolute Gasteiger partial charge is 0.160 e. The summed E-state index contributed by atoms with van der Waals surface area (Å²) in [5, 5.41) is -0.129. The molecule has 0 bridgehead atoms. The predicted octanol–water partition coefficient (Wildman–Crippen LogP) is 4.10. The molecule has 4 nitrogen and oxygen atoms in total. The number of aromatic nitrogens is 3. The Bertz CT molecular complexity index is 592. The predicted molar refractivity (Wildman–Crippen MR) is 86.8 cm³/mol. The van der Waals surface area contributed by atoms with Gasteiger partial charge in [-0.3, -0.25) is 0 Å². The van der Waals surface area contributed by atoms with Gasteiger partial charge < -0.3 is 9.30 Å². The molecule has 0 spiro atoms. The number of imidazole rings is 1. The molecule has 116 valence electrons. The van der Waals surface area contributed by atoms with Gasteiger partial charge in [0.15, 0.2) is 5.65 Å². The van der Waals surface area contributed by atoms with E-state index in [0.717, 1.165) is 48.9 Å². The largest absolute Gasteiger partial charge is 0.381 e. The highest BCUT2D eigenvalue weighted by Gasteiger charge is 2.15. The molecule has 0 amide bonds. The summed E-state index contributed by atoms with van der Waals surface area (Å²) >= 11 is 6.26. The van der Waals surface area contributed by atoms with E-state index in [9.17, 15) is 0 Å². The van der Waals surface area contributed by atoms with E-state index < -0.39 is 0 Å². The maximum atomic E-state index is 6.26. The lowest BCUT2D eigenvalue weighted by atomic mass is 10.2. The van der Waals surface area contributed by atoms with Crippen molar-refractivity contribution in [3.8, 4) is 0 Å². The van der Waals surface area contributed by atoms with Crippen molar-refractivity contribution >= 4 is 22.8 Å². The van der Waals surface area contributed by atoms with Crippen molar-refractivity contribution in [1.29, 1.82) is 0 Å². The van der Waals surface area contributed by atoms with Crippen molar-refractivity contribution in [1.82, 2.24) is 14.5 Å². The second kappa shape index (κ2) is 7.23. The summed E-state index contributed by atoms with van der Waals surface area (Å²) in [6.07, 6.45) is 0.935. The molecule has 0 fully saturated rings. The molecule has 2 rings (SSSR count). The van der Waals surface area contributed by atoms with Crippen LogP contribution in [0.3, 0.4) is 0 Å². The Labute approximate surface area is 131 Å². The van der Waals surface area contributed by atoms with Crippen LogP contribution in [0, 0.1) is 12.8 Å². The average molecular weight is 310 g/mol. The van der Waals surface area contributed by atoms with Gasteiger partial charge in [0.05, 0.1) is 5.38 Å². The summed E-state index contributed by atoms with van der Waals surface area (Å²) < 4.78 is 7.77. The van der Waals surface area contributed by atoms with Gasteiger partial charge >= 0.3 is 0 Å². The van der Waals surface area contributed by atoms with Crippen LogP contribution < -0.4 is 0 Å². The van der Waals surface area contributed by atoms with Crippen LogP contribution in [0.2, 0.25) is 0 Å². The summed E-state index contributed by atoms with van der Waals surface area (Å²) in [4.78, 5) is 9.21. The van der Waals surface area contributed by atoms with Crippen molar-refractivity contribution in [3.63, 3.8) is 0 Å². The Morgan fingerprint density at radius 3 is 2.67 bits per heavy atom. The zero-order valence-electron chi connectivity index (χ0n) is 13.3. The SMILES string of the molecule is Cc1ccc2nc(C(C)Cl)n(CCCOCC(C)C)c2n1. The molecule has 0 aromatic carbocycles. The van der Waals surface area contributed by atoms with Crippen molar-refractivity contribution in [2.45, 2.75) is 46.0 Å². The molecule has 0 aliphatic heterocycles. The highest BCUT2D eigenvalue weighted by Crippen LogP contribution is 2.24. The first-order valence-corrected chi connectivity index (χ1v) is 7.98. The molecule has 0 N–H and O–H groups in total. The quantitative estimate of drug-likeness (QED) is 0.571. The van der Waals surface area contributed by atoms with E-state index in [0.29, 0.717) is 5.92 Å². The highest BCUT2D eigenvalue weighted by molar-refractivity contribution is 6.20. The van der Waals surface area contributed by atoms with Crippen LogP contribution in [0.1, 0.15) is 44.1 Å². The topological polar surface area (TPSA) is 39.9 Å². The molecule has 0 aliphatic carbocycles. The van der Waals surface area contributed by atoms with Crippen LogP contribution in [0.5, 0.6) is 0 Å². The van der Waals surface area contributed by atoms with Gasteiger partial charge in [-0.2, -0.15) is 0 Å². The fourth-order valence-electron chi connectivity index (χ4n) is 2.28. The zero-order chi connectivity index (χ0) is 15.4. The summed E-state index contributed by atoms with van der Waals surface area (Å²) in [7, 11) is 0. The van der Waals surface area contributed by atoms with E-state index in [1.54, 1.807) is 0 Å². The van der Waals surface area contributed by atoms with E-state index in [2.05, 4.69) is 28.4 Å². The molecule has 2 aromatic rings. The van der Waals surface area contributed by atoms with Crippen LogP contribution in [0.4, 0.5) is 0 Å². The molecule has 0 radical (unpaired) electrons. The minimum atomic E-state index is -0.129. The van der Waals surface area contributed by atoms with Crippen molar-refractivity contribution in [2.24, 2.45) is 5.92 Å². The van der Waals surface area contributed by atoms with Crippen LogP contribution in [0.25, 0.3) is 11.2 Å². The van der Waals surface area contributed by atoms with Gasteiger partial charge in [0.1, 0.15) is 11.3 Å². The Morgan fingerprint density at radius 2 is 2.00 bits per heavy atom. The van der Waals surface area contributed by atoms with Gasteiger partial charge in [0.25, 0.3) is 0 Å². The van der Waals surface area contributed by atoms with Gasteiger partial charge in [-0.25, -0.2) is 9.97 Å². The maximum Gasteiger partial charge on any atom is 0.160 e. The summed E-state index contributed by atoms with van der Waals surface area (Å²) in [6.45, 7) is 10.6. The minimum absolute atomic E-state index is 0.129. The Morgan fingerprint density at radius 1 is 1.24 bits per heavy atom. The van der Waals surface area contributed by atoms with E-state index >= 15 is 0 Å². The Kier molecular flexibility index (Phi) is 5.59. The standard InChI is InChI=1S/C16H24ClN3O/c1-11(2)10-21-9-5-8-20-15(13(4)17)19-14-7-6-12(3)18-16(14)20/h6-7,11,13H,5,8-10H2,1-4H3.